The fourth-order valence-corrected chi connectivity index (χ4v) is 8.39. The Morgan fingerprint density at radius 3 is 2.12 bits per heavy atom. The van der Waals surface area contributed by atoms with Crippen LogP contribution in [-0.4, -0.2) is 29.3 Å². The van der Waals surface area contributed by atoms with Gasteiger partial charge in [0.25, 0.3) is 0 Å². The molecule has 0 radical (unpaired) electrons. The second kappa shape index (κ2) is 14.9. The Kier molecular flexibility index (Phi) is 9.00. The maximum atomic E-state index is 5.34. The smallest absolute Gasteiger partial charge is 0.100 e. The number of allylic oxidation sites excluding steroid dienone is 4. The van der Waals surface area contributed by atoms with E-state index in [1.54, 1.807) is 0 Å². The molecule has 2 atom stereocenters. The van der Waals surface area contributed by atoms with Crippen LogP contribution in [0.3, 0.4) is 0 Å². The Morgan fingerprint density at radius 1 is 0.702 bits per heavy atom. The lowest BCUT2D eigenvalue weighted by Gasteiger charge is -2.27. The van der Waals surface area contributed by atoms with Gasteiger partial charge in [0.05, 0.1) is 28.7 Å². The number of hydrogen-bond donors (Lipinski definition) is 2. The van der Waals surface area contributed by atoms with Crippen LogP contribution in [0.2, 0.25) is 0 Å². The third kappa shape index (κ3) is 6.70. The van der Waals surface area contributed by atoms with Gasteiger partial charge in [-0.3, -0.25) is 4.99 Å². The number of nitrogens with one attached hydrogen (secondary N) is 2. The van der Waals surface area contributed by atoms with Crippen LogP contribution in [0.1, 0.15) is 29.5 Å². The fraction of sp³-hybridized carbons (Fsp3) is 0.0943. The number of hydrogen-bond acceptors (Lipinski definition) is 4. The summed E-state index contributed by atoms with van der Waals surface area (Å²) in [5, 5.41) is 8.29. The summed E-state index contributed by atoms with van der Waals surface area (Å²) < 4.78 is 0. The van der Waals surface area contributed by atoms with E-state index in [0.29, 0.717) is 0 Å². The van der Waals surface area contributed by atoms with Gasteiger partial charge in [-0.25, -0.2) is 4.98 Å². The molecule has 10 rings (SSSR count). The Balaban J connectivity index is 0.989. The lowest BCUT2D eigenvalue weighted by Crippen LogP contribution is -2.23. The van der Waals surface area contributed by atoms with Crippen LogP contribution in [0.4, 0.5) is 5.69 Å². The maximum absolute atomic E-state index is 5.34. The van der Waals surface area contributed by atoms with Gasteiger partial charge in [-0.2, -0.15) is 0 Å². The Hall–Kier alpha value is -7.04. The van der Waals surface area contributed by atoms with Gasteiger partial charge < -0.3 is 10.6 Å². The van der Waals surface area contributed by atoms with Gasteiger partial charge in [0.2, 0.25) is 0 Å². The molecule has 0 fully saturated rings. The number of rotatable bonds is 7. The van der Waals surface area contributed by atoms with Crippen LogP contribution in [0.15, 0.2) is 204 Å². The van der Waals surface area contributed by atoms with E-state index in [9.17, 15) is 0 Å². The van der Waals surface area contributed by atoms with Crippen molar-refractivity contribution in [1.82, 2.24) is 10.3 Å². The lowest BCUT2D eigenvalue weighted by atomic mass is 9.85. The molecule has 5 aromatic carbocycles. The second-order valence-electron chi connectivity index (χ2n) is 15.0. The van der Waals surface area contributed by atoms with Crippen molar-refractivity contribution in [3.8, 4) is 33.5 Å². The second-order valence-corrected chi connectivity index (χ2v) is 15.0. The normalized spacial score (nSPS) is 18.5. The van der Waals surface area contributed by atoms with Gasteiger partial charge in [0.15, 0.2) is 0 Å². The van der Waals surface area contributed by atoms with Crippen LogP contribution in [-0.2, 0) is 0 Å². The van der Waals surface area contributed by atoms with Crippen LogP contribution in [0.25, 0.3) is 56.1 Å². The number of pyridine rings is 1. The molecule has 1 aliphatic carbocycles. The summed E-state index contributed by atoms with van der Waals surface area (Å²) in [6, 6.07) is 45.5. The van der Waals surface area contributed by atoms with E-state index in [-0.39, 0.29) is 12.1 Å². The molecule has 4 heterocycles. The van der Waals surface area contributed by atoms with Crippen molar-refractivity contribution in [2.24, 2.45) is 4.99 Å². The summed E-state index contributed by atoms with van der Waals surface area (Å²) >= 11 is 0. The number of nitrogens with zero attached hydrogens (tertiary/aromatic N) is 2. The van der Waals surface area contributed by atoms with E-state index in [1.165, 1.54) is 22.3 Å². The number of aromatic nitrogens is 1. The first-order valence-corrected chi connectivity index (χ1v) is 19.9. The van der Waals surface area contributed by atoms with Crippen molar-refractivity contribution in [1.29, 1.82) is 0 Å². The summed E-state index contributed by atoms with van der Waals surface area (Å²) in [5.41, 5.74) is 17.9. The summed E-state index contributed by atoms with van der Waals surface area (Å²) in [4.78, 5) is 10.6. The quantitative estimate of drug-likeness (QED) is 0.172. The van der Waals surface area contributed by atoms with Crippen molar-refractivity contribution in [3.63, 3.8) is 0 Å². The predicted molar refractivity (Wildman–Crippen MR) is 240 cm³/mol. The molecule has 0 bridgehead atoms. The van der Waals surface area contributed by atoms with Gasteiger partial charge in [-0.05, 0) is 98.5 Å². The number of benzene rings is 5. The highest BCUT2D eigenvalue weighted by atomic mass is 14.9. The highest BCUT2D eigenvalue weighted by molar-refractivity contribution is 6.16. The van der Waals surface area contributed by atoms with E-state index >= 15 is 0 Å². The maximum Gasteiger partial charge on any atom is 0.100 e. The third-order valence-electron chi connectivity index (χ3n) is 11.5. The molecule has 2 N–H and O–H groups in total. The van der Waals surface area contributed by atoms with Crippen LogP contribution in [0.5, 0.6) is 0 Å². The summed E-state index contributed by atoms with van der Waals surface area (Å²) in [5.74, 6) is 0. The number of dihydropyridines is 2. The molecule has 274 valence electrons. The van der Waals surface area contributed by atoms with Crippen LogP contribution in [0, 0.1) is 0 Å². The molecule has 4 aliphatic rings. The van der Waals surface area contributed by atoms with Gasteiger partial charge in [-0.1, -0.05) is 164 Å². The Bertz CT molecular complexity index is 2740. The molecule has 6 aromatic rings. The van der Waals surface area contributed by atoms with Gasteiger partial charge in [0, 0.05) is 17.5 Å². The molecular weight excluding hydrogens is 693 g/mol. The monoisotopic (exact) mass is 734 g/mol. The number of anilines is 1. The average molecular weight is 735 g/mol. The highest BCUT2D eigenvalue weighted by Gasteiger charge is 2.26. The molecule has 4 nitrogen and oxygen atoms in total. The van der Waals surface area contributed by atoms with Crippen molar-refractivity contribution < 1.29 is 0 Å². The molecule has 57 heavy (non-hydrogen) atoms. The zero-order chi connectivity index (χ0) is 38.1. The van der Waals surface area contributed by atoms with E-state index in [1.807, 2.05) is 6.20 Å². The first kappa shape index (κ1) is 34.5. The third-order valence-corrected chi connectivity index (χ3v) is 11.5. The molecule has 0 saturated carbocycles. The molecule has 3 aliphatic heterocycles. The molecular formula is C53H42N4. The first-order valence-electron chi connectivity index (χ1n) is 19.9. The van der Waals surface area contributed by atoms with Crippen molar-refractivity contribution in [3.05, 3.63) is 216 Å². The number of fused-ring (bicyclic) bond motifs is 3. The zero-order valence-electron chi connectivity index (χ0n) is 31.7. The first-order chi connectivity index (χ1) is 28.2. The minimum absolute atomic E-state index is 0.136. The molecule has 4 heteroatoms. The fourth-order valence-electron chi connectivity index (χ4n) is 8.39. The van der Waals surface area contributed by atoms with Gasteiger partial charge in [-0.15, -0.1) is 0 Å². The molecule has 1 unspecified atom stereocenters. The largest absolute Gasteiger partial charge is 0.387 e. The average Bonchev–Trinajstić information content (AvgIpc) is 3.30. The summed E-state index contributed by atoms with van der Waals surface area (Å²) in [6.07, 6.45) is 21.9. The molecule has 0 amide bonds. The summed E-state index contributed by atoms with van der Waals surface area (Å²) in [7, 11) is 0. The Morgan fingerprint density at radius 2 is 1.42 bits per heavy atom. The van der Waals surface area contributed by atoms with Crippen molar-refractivity contribution in [2.45, 2.75) is 24.9 Å². The standard InChI is InChI=1S/C53H42N4/c1-35-46(38-11-5-2-6-12-38)33-49(56-51(35)44-29-31-54-32-30-44)42-23-19-37(20-24-42)36-17-21-39(22-18-36)47-34-50(41-15-9-4-10-16-41)57-53-45(47)27-25-43-26-28-48(55-52(43)53)40-13-7-3-8-14-40/h2-7,9-13,15-31,33-34,48,51,54-55H,1,8,14,32H2/t48?,51-/m0/s1. The van der Waals surface area contributed by atoms with Gasteiger partial charge in [0.1, 0.15) is 6.04 Å². The summed E-state index contributed by atoms with van der Waals surface area (Å²) in [6.45, 7) is 5.32. The molecule has 1 aromatic heterocycles. The highest BCUT2D eigenvalue weighted by Crippen LogP contribution is 2.40. The topological polar surface area (TPSA) is 49.3 Å². The lowest BCUT2D eigenvalue weighted by molar-refractivity contribution is 0.866. The van der Waals surface area contributed by atoms with E-state index in [4.69, 9.17) is 9.98 Å². The van der Waals surface area contributed by atoms with E-state index in [2.05, 4.69) is 193 Å². The predicted octanol–water partition coefficient (Wildman–Crippen LogP) is 12.2. The Labute approximate surface area is 334 Å². The molecule has 0 saturated heterocycles. The van der Waals surface area contributed by atoms with Crippen molar-refractivity contribution >= 4 is 34.0 Å². The minimum atomic E-state index is -0.136. The minimum Gasteiger partial charge on any atom is -0.387 e. The van der Waals surface area contributed by atoms with E-state index in [0.717, 1.165) is 91.9 Å². The molecule has 0 spiro atoms. The van der Waals surface area contributed by atoms with E-state index < -0.39 is 0 Å². The SMILES string of the molecule is C=C1C(c2ccccc2)=CC(c2ccc(-c3ccc(-c4cc(-c5ccccc5)nc5c6c(ccc45)C=CC(C4=CC=CCC4)N6)cc3)cc2)=N[C@@H]1C1=CCNC=C1. The van der Waals surface area contributed by atoms with Crippen molar-refractivity contribution in [2.75, 3.05) is 11.9 Å². The zero-order valence-corrected chi connectivity index (χ0v) is 31.7. The van der Waals surface area contributed by atoms with Crippen LogP contribution >= 0.6 is 0 Å². The van der Waals surface area contributed by atoms with Crippen LogP contribution < -0.4 is 10.6 Å². The number of aliphatic imine (C=N–C) groups is 1. The van der Waals surface area contributed by atoms with Gasteiger partial charge >= 0.3 is 0 Å².